The summed E-state index contributed by atoms with van der Waals surface area (Å²) in [5.74, 6) is 0.936. The smallest absolute Gasteiger partial charge is 0.0926 e. The van der Waals surface area contributed by atoms with Gasteiger partial charge in [-0.15, -0.1) is 0 Å². The van der Waals surface area contributed by atoms with Crippen molar-refractivity contribution in [1.29, 1.82) is 0 Å². The van der Waals surface area contributed by atoms with E-state index < -0.39 is 0 Å². The van der Waals surface area contributed by atoms with Crippen LogP contribution >= 0.6 is 0 Å². The van der Waals surface area contributed by atoms with Gasteiger partial charge >= 0.3 is 0 Å². The summed E-state index contributed by atoms with van der Waals surface area (Å²) < 4.78 is 9.93. The van der Waals surface area contributed by atoms with Gasteiger partial charge in [0.05, 0.1) is 39.6 Å². The first-order valence-electron chi connectivity index (χ1n) is 4.51. The van der Waals surface area contributed by atoms with Crippen LogP contribution in [0, 0.1) is 11.8 Å². The highest BCUT2D eigenvalue weighted by atomic mass is 17.5. The maximum Gasteiger partial charge on any atom is 0.0926 e. The number of rotatable bonds is 6. The zero-order valence-electron chi connectivity index (χ0n) is 7.44. The topological polar surface area (TPSA) is 46.2 Å². The van der Waals surface area contributed by atoms with Crippen molar-refractivity contribution in [3.05, 3.63) is 0 Å². The molecule has 0 saturated carbocycles. The Morgan fingerprint density at radius 1 is 0.846 bits per heavy atom. The monoisotopic (exact) mass is 190 g/mol. The summed E-state index contributed by atoms with van der Waals surface area (Å²) in [6.07, 6.45) is 0. The zero-order chi connectivity index (χ0) is 8.93. The standard InChI is InChI=1S/C8H14O5/c1-7(2-9-1)5-11-13-12-6-8-3-10-4-8/h7-8H,1-6H2. The molecule has 0 N–H and O–H groups in total. The van der Waals surface area contributed by atoms with Gasteiger partial charge in [-0.2, -0.15) is 0 Å². The number of ether oxygens (including phenoxy) is 2. The van der Waals surface area contributed by atoms with Crippen LogP contribution in [0.1, 0.15) is 0 Å². The van der Waals surface area contributed by atoms with E-state index in [1.165, 1.54) is 0 Å². The Morgan fingerprint density at radius 3 is 1.62 bits per heavy atom. The third-order valence-corrected chi connectivity index (χ3v) is 2.12. The maximum absolute atomic E-state index is 4.96. The minimum Gasteiger partial charge on any atom is -0.381 e. The quantitative estimate of drug-likeness (QED) is 0.339. The Hall–Kier alpha value is -0.200. The predicted octanol–water partition coefficient (Wildman–Crippen LogP) is 0.159. The lowest BCUT2D eigenvalue weighted by Gasteiger charge is -2.26. The average Bonchev–Trinajstić information content (AvgIpc) is 1.96. The van der Waals surface area contributed by atoms with Gasteiger partial charge in [0.2, 0.25) is 0 Å². The number of hydrogen-bond donors (Lipinski definition) is 0. The molecule has 76 valence electrons. The van der Waals surface area contributed by atoms with Crippen LogP contribution in [0.5, 0.6) is 0 Å². The summed E-state index contributed by atoms with van der Waals surface area (Å²) in [5.41, 5.74) is 0. The SMILES string of the molecule is C1OCC1COOOCC1COC1. The van der Waals surface area contributed by atoms with Crippen LogP contribution < -0.4 is 0 Å². The normalized spacial score (nSPS) is 24.0. The van der Waals surface area contributed by atoms with Gasteiger partial charge in [0, 0.05) is 11.8 Å². The molecule has 2 saturated heterocycles. The molecular formula is C8H14O5. The fraction of sp³-hybridized carbons (Fsp3) is 1.00. The van der Waals surface area contributed by atoms with Gasteiger partial charge in [0.15, 0.2) is 0 Å². The molecule has 0 radical (unpaired) electrons. The summed E-state index contributed by atoms with van der Waals surface area (Å²) in [6.45, 7) is 4.14. The molecule has 13 heavy (non-hydrogen) atoms. The Bertz CT molecular complexity index is 127. The Labute approximate surface area is 76.7 Å². The van der Waals surface area contributed by atoms with Gasteiger partial charge in [-0.05, 0) is 0 Å². The second-order valence-corrected chi connectivity index (χ2v) is 3.44. The van der Waals surface area contributed by atoms with E-state index in [4.69, 9.17) is 19.2 Å². The summed E-state index contributed by atoms with van der Waals surface area (Å²) in [7, 11) is 0. The largest absolute Gasteiger partial charge is 0.381 e. The summed E-state index contributed by atoms with van der Waals surface area (Å²) in [6, 6.07) is 0. The van der Waals surface area contributed by atoms with Crippen molar-refractivity contribution in [2.75, 3.05) is 39.6 Å². The Kier molecular flexibility index (Phi) is 3.51. The average molecular weight is 190 g/mol. The van der Waals surface area contributed by atoms with E-state index in [2.05, 4.69) is 5.04 Å². The van der Waals surface area contributed by atoms with Gasteiger partial charge < -0.3 is 9.47 Å². The first kappa shape index (κ1) is 9.36. The molecule has 5 nitrogen and oxygen atoms in total. The highest BCUT2D eigenvalue weighted by Crippen LogP contribution is 2.11. The molecule has 0 bridgehead atoms. The number of hydrogen-bond acceptors (Lipinski definition) is 5. The molecule has 0 aromatic heterocycles. The summed E-state index contributed by atoms with van der Waals surface area (Å²) in [5, 5.41) is 4.54. The molecule has 0 aliphatic carbocycles. The predicted molar refractivity (Wildman–Crippen MR) is 41.6 cm³/mol. The van der Waals surface area contributed by atoms with E-state index in [0.29, 0.717) is 25.0 Å². The van der Waals surface area contributed by atoms with Crippen molar-refractivity contribution in [2.45, 2.75) is 0 Å². The molecule has 0 amide bonds. The lowest BCUT2D eigenvalue weighted by Crippen LogP contribution is -2.33. The van der Waals surface area contributed by atoms with Crippen LogP contribution in [-0.4, -0.2) is 39.6 Å². The fourth-order valence-electron chi connectivity index (χ4n) is 1.04. The van der Waals surface area contributed by atoms with Crippen LogP contribution in [0.3, 0.4) is 0 Å². The van der Waals surface area contributed by atoms with E-state index in [-0.39, 0.29) is 0 Å². The highest BCUT2D eigenvalue weighted by molar-refractivity contribution is 4.63. The minimum atomic E-state index is 0.468. The van der Waals surface area contributed by atoms with Crippen molar-refractivity contribution < 1.29 is 24.3 Å². The third kappa shape index (κ3) is 2.89. The van der Waals surface area contributed by atoms with Crippen LogP contribution in [0.2, 0.25) is 0 Å². The van der Waals surface area contributed by atoms with E-state index in [1.807, 2.05) is 0 Å². The molecular weight excluding hydrogens is 176 g/mol. The van der Waals surface area contributed by atoms with E-state index >= 15 is 0 Å². The summed E-state index contributed by atoms with van der Waals surface area (Å²) >= 11 is 0. The molecule has 2 fully saturated rings. The first-order chi connectivity index (χ1) is 6.45. The molecule has 0 spiro atoms. The fourth-order valence-corrected chi connectivity index (χ4v) is 1.04. The molecule has 0 unspecified atom stereocenters. The van der Waals surface area contributed by atoms with Crippen molar-refractivity contribution >= 4 is 0 Å². The minimum absolute atomic E-state index is 0.468. The van der Waals surface area contributed by atoms with E-state index in [0.717, 1.165) is 26.4 Å². The third-order valence-electron chi connectivity index (χ3n) is 2.12. The molecule has 2 aliphatic heterocycles. The molecule has 2 aliphatic rings. The summed E-state index contributed by atoms with van der Waals surface area (Å²) in [4.78, 5) is 9.63. The van der Waals surface area contributed by atoms with Crippen LogP contribution in [0.25, 0.3) is 0 Å². The second kappa shape index (κ2) is 4.88. The van der Waals surface area contributed by atoms with E-state index in [1.54, 1.807) is 0 Å². The van der Waals surface area contributed by atoms with Crippen LogP contribution in [-0.2, 0) is 24.3 Å². The Morgan fingerprint density at radius 2 is 1.31 bits per heavy atom. The van der Waals surface area contributed by atoms with Gasteiger partial charge in [-0.3, -0.25) is 0 Å². The van der Waals surface area contributed by atoms with Crippen molar-refractivity contribution in [3.63, 3.8) is 0 Å². The van der Waals surface area contributed by atoms with Crippen LogP contribution in [0.4, 0.5) is 0 Å². The zero-order valence-corrected chi connectivity index (χ0v) is 7.44. The molecule has 2 rings (SSSR count). The van der Waals surface area contributed by atoms with Gasteiger partial charge in [0.1, 0.15) is 0 Å². The van der Waals surface area contributed by atoms with Crippen LogP contribution in [0.15, 0.2) is 0 Å². The van der Waals surface area contributed by atoms with Crippen molar-refractivity contribution in [3.8, 4) is 0 Å². The van der Waals surface area contributed by atoms with Crippen molar-refractivity contribution in [1.82, 2.24) is 0 Å². The molecule has 2 heterocycles. The molecule has 0 aromatic rings. The van der Waals surface area contributed by atoms with Crippen molar-refractivity contribution in [2.24, 2.45) is 11.8 Å². The maximum atomic E-state index is 4.96. The van der Waals surface area contributed by atoms with Gasteiger partial charge in [0.25, 0.3) is 0 Å². The van der Waals surface area contributed by atoms with Gasteiger partial charge in [-0.1, -0.05) is 5.04 Å². The van der Waals surface area contributed by atoms with E-state index in [9.17, 15) is 0 Å². The second-order valence-electron chi connectivity index (χ2n) is 3.44. The first-order valence-corrected chi connectivity index (χ1v) is 4.51. The molecule has 5 heteroatoms. The Balaban J connectivity index is 1.36. The molecule has 0 atom stereocenters. The lowest BCUT2D eigenvalue weighted by molar-refractivity contribution is -0.521. The van der Waals surface area contributed by atoms with Gasteiger partial charge in [-0.25, -0.2) is 9.78 Å². The molecule has 0 aromatic carbocycles. The lowest BCUT2D eigenvalue weighted by atomic mass is 10.1. The highest BCUT2D eigenvalue weighted by Gasteiger charge is 2.20.